The molecule has 0 fully saturated rings. The van der Waals surface area contributed by atoms with Crippen LogP contribution in [-0.2, 0) is 13.0 Å². The molecule has 1 unspecified atom stereocenters. The van der Waals surface area contributed by atoms with Gasteiger partial charge in [-0.25, -0.2) is 4.39 Å². The number of rotatable bonds is 7. The first kappa shape index (κ1) is 20.0. The molecule has 0 spiro atoms. The average Bonchev–Trinajstić information content (AvgIpc) is 2.77. The van der Waals surface area contributed by atoms with Crippen molar-refractivity contribution in [1.29, 1.82) is 0 Å². The van der Waals surface area contributed by atoms with Crippen molar-refractivity contribution in [3.05, 3.63) is 95.3 Å². The van der Waals surface area contributed by atoms with Gasteiger partial charge in [0, 0.05) is 17.8 Å². The van der Waals surface area contributed by atoms with E-state index in [1.165, 1.54) is 11.6 Å². The maximum atomic E-state index is 13.3. The van der Waals surface area contributed by atoms with Crippen molar-refractivity contribution in [2.45, 2.75) is 31.9 Å². The highest BCUT2D eigenvalue weighted by molar-refractivity contribution is 5.66. The Morgan fingerprint density at radius 1 is 1.00 bits per heavy atom. The highest BCUT2D eigenvalue weighted by Crippen LogP contribution is 2.35. The molecule has 1 aliphatic rings. The number of ether oxygens (including phenoxy) is 2. The summed E-state index contributed by atoms with van der Waals surface area (Å²) in [5.41, 5.74) is 3.85. The zero-order valence-electron chi connectivity index (χ0n) is 17.3. The van der Waals surface area contributed by atoms with Gasteiger partial charge in [-0.1, -0.05) is 30.3 Å². The standard InChI is InChI=1S/C26H26FNO2/c1-26(14-12-19-6-9-24(29-2)10-7-19)15-13-21-17-23(8-11-25(21)30-26)28-18-20-4-3-5-22(27)16-20/h3-11,13,15-17,28H,12,14,18H2,1-2H3. The first-order chi connectivity index (χ1) is 14.5. The molecule has 0 saturated carbocycles. The molecule has 4 heteroatoms. The molecule has 0 amide bonds. The van der Waals surface area contributed by atoms with Gasteiger partial charge in [0.25, 0.3) is 0 Å². The maximum absolute atomic E-state index is 13.3. The lowest BCUT2D eigenvalue weighted by atomic mass is 9.93. The van der Waals surface area contributed by atoms with Crippen LogP contribution in [0.15, 0.2) is 72.8 Å². The second kappa shape index (κ2) is 8.62. The predicted octanol–water partition coefficient (Wildman–Crippen LogP) is 6.24. The molecule has 0 saturated heterocycles. The number of methoxy groups -OCH3 is 1. The van der Waals surface area contributed by atoms with Crippen molar-refractivity contribution in [3.8, 4) is 11.5 Å². The third-order valence-electron chi connectivity index (χ3n) is 5.42. The van der Waals surface area contributed by atoms with E-state index in [0.29, 0.717) is 6.54 Å². The van der Waals surface area contributed by atoms with Crippen molar-refractivity contribution >= 4 is 11.8 Å². The second-order valence-corrected chi connectivity index (χ2v) is 7.83. The van der Waals surface area contributed by atoms with Gasteiger partial charge in [0.1, 0.15) is 22.9 Å². The van der Waals surface area contributed by atoms with Crippen LogP contribution in [0.1, 0.15) is 30.0 Å². The van der Waals surface area contributed by atoms with Crippen molar-refractivity contribution in [2.75, 3.05) is 12.4 Å². The molecular weight excluding hydrogens is 377 g/mol. The lowest BCUT2D eigenvalue weighted by molar-refractivity contribution is 0.128. The second-order valence-electron chi connectivity index (χ2n) is 7.83. The van der Waals surface area contributed by atoms with Gasteiger partial charge in [0.2, 0.25) is 0 Å². The fourth-order valence-electron chi connectivity index (χ4n) is 3.60. The molecule has 3 aromatic carbocycles. The molecule has 3 nitrogen and oxygen atoms in total. The Kier molecular flexibility index (Phi) is 5.75. The minimum atomic E-state index is -0.344. The number of hydrogen-bond acceptors (Lipinski definition) is 3. The Labute approximate surface area is 177 Å². The predicted molar refractivity (Wildman–Crippen MR) is 120 cm³/mol. The van der Waals surface area contributed by atoms with Gasteiger partial charge < -0.3 is 14.8 Å². The Hall–Kier alpha value is -3.27. The van der Waals surface area contributed by atoms with Gasteiger partial charge in [0.15, 0.2) is 0 Å². The molecule has 0 bridgehead atoms. The highest BCUT2D eigenvalue weighted by atomic mass is 19.1. The normalized spacial score (nSPS) is 17.2. The molecule has 1 atom stereocenters. The Morgan fingerprint density at radius 3 is 2.60 bits per heavy atom. The van der Waals surface area contributed by atoms with E-state index < -0.39 is 0 Å². The van der Waals surface area contributed by atoms with Crippen LogP contribution in [0.25, 0.3) is 6.08 Å². The van der Waals surface area contributed by atoms with Gasteiger partial charge in [-0.15, -0.1) is 0 Å². The zero-order chi connectivity index (χ0) is 21.0. The lowest BCUT2D eigenvalue weighted by Gasteiger charge is -2.32. The number of anilines is 1. The topological polar surface area (TPSA) is 30.5 Å². The summed E-state index contributed by atoms with van der Waals surface area (Å²) in [6.45, 7) is 2.69. The lowest BCUT2D eigenvalue weighted by Crippen LogP contribution is -2.32. The van der Waals surface area contributed by atoms with Crippen molar-refractivity contribution in [2.24, 2.45) is 0 Å². The number of nitrogens with one attached hydrogen (secondary N) is 1. The number of benzene rings is 3. The van der Waals surface area contributed by atoms with Gasteiger partial charge in [-0.3, -0.25) is 0 Å². The summed E-state index contributed by atoms with van der Waals surface area (Å²) in [7, 11) is 1.68. The quantitative estimate of drug-likeness (QED) is 0.506. The minimum absolute atomic E-state index is 0.218. The monoisotopic (exact) mass is 403 g/mol. The smallest absolute Gasteiger partial charge is 0.127 e. The van der Waals surface area contributed by atoms with Gasteiger partial charge in [-0.05, 0) is 79.4 Å². The number of aryl methyl sites for hydroxylation is 1. The summed E-state index contributed by atoms with van der Waals surface area (Å²) in [5, 5.41) is 3.35. The van der Waals surface area contributed by atoms with Crippen LogP contribution in [-0.4, -0.2) is 12.7 Å². The van der Waals surface area contributed by atoms with Crippen LogP contribution in [0.2, 0.25) is 0 Å². The van der Waals surface area contributed by atoms with Crippen molar-refractivity contribution in [3.63, 3.8) is 0 Å². The number of fused-ring (bicyclic) bond motifs is 1. The van der Waals surface area contributed by atoms with Gasteiger partial charge in [0.05, 0.1) is 7.11 Å². The van der Waals surface area contributed by atoms with Crippen LogP contribution in [0.3, 0.4) is 0 Å². The van der Waals surface area contributed by atoms with Crippen LogP contribution >= 0.6 is 0 Å². The van der Waals surface area contributed by atoms with Gasteiger partial charge >= 0.3 is 0 Å². The number of halogens is 1. The molecule has 1 N–H and O–H groups in total. The van der Waals surface area contributed by atoms with E-state index in [0.717, 1.165) is 41.2 Å². The van der Waals surface area contributed by atoms with E-state index >= 15 is 0 Å². The van der Waals surface area contributed by atoms with Crippen molar-refractivity contribution < 1.29 is 13.9 Å². The van der Waals surface area contributed by atoms with E-state index in [1.54, 1.807) is 19.2 Å². The fourth-order valence-corrected chi connectivity index (χ4v) is 3.60. The van der Waals surface area contributed by atoms with E-state index in [1.807, 2.05) is 30.3 Å². The van der Waals surface area contributed by atoms with E-state index in [9.17, 15) is 4.39 Å². The fraction of sp³-hybridized carbons (Fsp3) is 0.231. The third kappa shape index (κ3) is 4.82. The first-order valence-corrected chi connectivity index (χ1v) is 10.2. The average molecular weight is 403 g/mol. The van der Waals surface area contributed by atoms with E-state index in [-0.39, 0.29) is 11.4 Å². The summed E-state index contributed by atoms with van der Waals surface area (Å²) < 4.78 is 24.9. The summed E-state index contributed by atoms with van der Waals surface area (Å²) in [4.78, 5) is 0. The van der Waals surface area contributed by atoms with E-state index in [4.69, 9.17) is 9.47 Å². The molecule has 3 aromatic rings. The maximum Gasteiger partial charge on any atom is 0.127 e. The summed E-state index contributed by atoms with van der Waals surface area (Å²) in [6, 6.07) is 20.9. The summed E-state index contributed by atoms with van der Waals surface area (Å²) in [5.74, 6) is 1.53. The largest absolute Gasteiger partial charge is 0.497 e. The van der Waals surface area contributed by atoms with Crippen molar-refractivity contribution in [1.82, 2.24) is 0 Å². The Bertz CT molecular complexity index is 1050. The van der Waals surface area contributed by atoms with Gasteiger partial charge in [-0.2, -0.15) is 0 Å². The highest BCUT2D eigenvalue weighted by Gasteiger charge is 2.27. The van der Waals surface area contributed by atoms with Crippen LogP contribution in [0.5, 0.6) is 11.5 Å². The molecule has 4 rings (SSSR count). The van der Waals surface area contributed by atoms with E-state index in [2.05, 4.69) is 42.6 Å². The molecule has 0 aromatic heterocycles. The number of hydrogen-bond donors (Lipinski definition) is 1. The molecule has 30 heavy (non-hydrogen) atoms. The first-order valence-electron chi connectivity index (χ1n) is 10.2. The van der Waals surface area contributed by atoms with Crippen LogP contribution < -0.4 is 14.8 Å². The molecule has 1 aliphatic heterocycles. The van der Waals surface area contributed by atoms with Crippen LogP contribution in [0.4, 0.5) is 10.1 Å². The minimum Gasteiger partial charge on any atom is -0.497 e. The molecule has 0 aliphatic carbocycles. The molecular formula is C26H26FNO2. The Balaban J connectivity index is 1.38. The SMILES string of the molecule is COc1ccc(CCC2(C)C=Cc3cc(NCc4cccc(F)c4)ccc3O2)cc1. The summed E-state index contributed by atoms with van der Waals surface area (Å²) >= 11 is 0. The Morgan fingerprint density at radius 2 is 1.83 bits per heavy atom. The summed E-state index contributed by atoms with van der Waals surface area (Å²) in [6.07, 6.45) is 6.07. The molecule has 1 heterocycles. The zero-order valence-corrected chi connectivity index (χ0v) is 17.3. The molecule has 154 valence electrons. The van der Waals surface area contributed by atoms with Crippen LogP contribution in [0, 0.1) is 5.82 Å². The third-order valence-corrected chi connectivity index (χ3v) is 5.42. The molecule has 0 radical (unpaired) electrons.